The zero-order chi connectivity index (χ0) is 35.5. The van der Waals surface area contributed by atoms with Crippen LogP contribution in [0.1, 0.15) is 61.0 Å². The molecule has 0 bridgehead atoms. The third kappa shape index (κ3) is 6.04. The van der Waals surface area contributed by atoms with Crippen LogP contribution < -0.4 is 15.2 Å². The Kier molecular flexibility index (Phi) is 8.74. The van der Waals surface area contributed by atoms with E-state index in [1.807, 2.05) is 46.8 Å². The highest BCUT2D eigenvalue weighted by molar-refractivity contribution is 6.34. The third-order valence-corrected chi connectivity index (χ3v) is 9.49. The lowest BCUT2D eigenvalue weighted by atomic mass is 9.79. The van der Waals surface area contributed by atoms with Crippen molar-refractivity contribution in [1.82, 2.24) is 24.6 Å². The van der Waals surface area contributed by atoms with E-state index in [0.29, 0.717) is 43.9 Å². The van der Waals surface area contributed by atoms with E-state index in [9.17, 15) is 19.5 Å². The van der Waals surface area contributed by atoms with Gasteiger partial charge in [-0.1, -0.05) is 44.0 Å². The van der Waals surface area contributed by atoms with Crippen molar-refractivity contribution < 1.29 is 29.0 Å². The number of halogens is 2. The molecule has 2 aliphatic rings. The van der Waals surface area contributed by atoms with Crippen LogP contribution in [0.15, 0.2) is 48.8 Å². The molecule has 3 amide bonds. The number of aromatic nitrogens is 3. The van der Waals surface area contributed by atoms with E-state index in [4.69, 9.17) is 43.5 Å². The number of rotatable bonds is 5. The number of fused-ring (bicyclic) bond motifs is 3. The summed E-state index contributed by atoms with van der Waals surface area (Å²) in [6.07, 6.45) is 1.96. The number of carbonyl (C=O) groups is 3. The number of hydrogen-bond acceptors (Lipinski definition) is 7. The van der Waals surface area contributed by atoms with E-state index in [-0.39, 0.29) is 30.2 Å². The van der Waals surface area contributed by atoms with E-state index >= 15 is 0 Å². The van der Waals surface area contributed by atoms with Crippen LogP contribution in [0.25, 0.3) is 28.1 Å². The van der Waals surface area contributed by atoms with Crippen molar-refractivity contribution in [2.24, 2.45) is 11.1 Å². The minimum absolute atomic E-state index is 0.0571. The zero-order valence-electron chi connectivity index (χ0n) is 27.8. The average Bonchev–Trinajstić information content (AvgIpc) is 3.43. The van der Waals surface area contributed by atoms with Crippen molar-refractivity contribution in [2.75, 3.05) is 13.7 Å². The first kappa shape index (κ1) is 34.1. The SMILES string of the molecule is COc1cc2c(cc1-c1cncc(C(N)=O)c1)-c1c(c(C(=O)N3[C@H](C)C(C(C)(C)C)N(C(=O)O)C[C@@H]3C)nn1-c1cc(Cl)cc(Cl)c1)OC2. The van der Waals surface area contributed by atoms with Gasteiger partial charge < -0.3 is 30.1 Å². The summed E-state index contributed by atoms with van der Waals surface area (Å²) in [5.41, 5.74) is 8.98. The smallest absolute Gasteiger partial charge is 0.407 e. The van der Waals surface area contributed by atoms with Crippen LogP contribution in [0.5, 0.6) is 11.5 Å². The average molecular weight is 708 g/mol. The number of nitrogens with two attached hydrogens (primary N) is 1. The number of benzene rings is 2. The largest absolute Gasteiger partial charge is 0.496 e. The van der Waals surface area contributed by atoms with Gasteiger partial charge >= 0.3 is 6.09 Å². The maximum Gasteiger partial charge on any atom is 0.407 e. The molecular weight excluding hydrogens is 671 g/mol. The fourth-order valence-electron chi connectivity index (χ4n) is 7.19. The van der Waals surface area contributed by atoms with Gasteiger partial charge in [-0.2, -0.15) is 5.10 Å². The minimum Gasteiger partial charge on any atom is -0.496 e. The highest BCUT2D eigenvalue weighted by Gasteiger charge is 2.48. The lowest BCUT2D eigenvalue weighted by Gasteiger charge is -2.53. The fraction of sp³-hybridized carbons (Fsp3) is 0.343. The van der Waals surface area contributed by atoms with Crippen LogP contribution in [0.4, 0.5) is 4.79 Å². The van der Waals surface area contributed by atoms with Crippen molar-refractivity contribution >= 4 is 41.1 Å². The Hall–Kier alpha value is -4.81. The van der Waals surface area contributed by atoms with Crippen molar-refractivity contribution in [3.8, 4) is 39.6 Å². The molecular formula is C35H36Cl2N6O6. The molecule has 3 atom stereocenters. The van der Waals surface area contributed by atoms with E-state index in [0.717, 1.165) is 5.56 Å². The number of methoxy groups -OCH3 is 1. The summed E-state index contributed by atoms with van der Waals surface area (Å²) in [4.78, 5) is 46.4. The van der Waals surface area contributed by atoms with Gasteiger partial charge in [0.1, 0.15) is 18.1 Å². The summed E-state index contributed by atoms with van der Waals surface area (Å²) in [5.74, 6) is -0.268. The van der Waals surface area contributed by atoms with Crippen LogP contribution in [0, 0.1) is 5.41 Å². The number of pyridine rings is 1. The number of nitrogens with zero attached hydrogens (tertiary/aromatic N) is 5. The van der Waals surface area contributed by atoms with Gasteiger partial charge in [0.15, 0.2) is 11.4 Å². The van der Waals surface area contributed by atoms with E-state index in [1.54, 1.807) is 40.0 Å². The quantitative estimate of drug-likeness (QED) is 0.237. The second-order valence-corrected chi connectivity index (χ2v) is 14.3. The molecule has 0 aliphatic carbocycles. The molecule has 2 aromatic carbocycles. The van der Waals surface area contributed by atoms with Gasteiger partial charge in [0.25, 0.3) is 5.91 Å². The first-order valence-corrected chi connectivity index (χ1v) is 16.4. The monoisotopic (exact) mass is 706 g/mol. The Labute approximate surface area is 293 Å². The molecule has 12 nitrogen and oxygen atoms in total. The van der Waals surface area contributed by atoms with Crippen molar-refractivity contribution in [1.29, 1.82) is 0 Å². The summed E-state index contributed by atoms with van der Waals surface area (Å²) in [5, 5.41) is 15.7. The molecule has 1 fully saturated rings. The number of carbonyl (C=O) groups excluding carboxylic acids is 2. The molecule has 3 N–H and O–H groups in total. The van der Waals surface area contributed by atoms with Gasteiger partial charge in [-0.25, -0.2) is 9.48 Å². The number of carboxylic acid groups (broad SMARTS) is 1. The van der Waals surface area contributed by atoms with E-state index < -0.39 is 41.4 Å². The lowest BCUT2D eigenvalue weighted by Crippen LogP contribution is -2.67. The Morgan fingerprint density at radius 1 is 1.02 bits per heavy atom. The molecule has 14 heteroatoms. The first-order chi connectivity index (χ1) is 23.1. The van der Waals surface area contributed by atoms with Crippen LogP contribution in [-0.2, 0) is 6.61 Å². The molecule has 6 rings (SSSR count). The molecule has 0 spiro atoms. The summed E-state index contributed by atoms with van der Waals surface area (Å²) in [6.45, 7) is 9.80. The van der Waals surface area contributed by atoms with Crippen LogP contribution in [0.2, 0.25) is 10.0 Å². The second-order valence-electron chi connectivity index (χ2n) is 13.4. The van der Waals surface area contributed by atoms with Crippen LogP contribution in [0.3, 0.4) is 0 Å². The Morgan fingerprint density at radius 3 is 2.33 bits per heavy atom. The van der Waals surface area contributed by atoms with E-state index in [1.165, 1.54) is 18.2 Å². The molecule has 49 heavy (non-hydrogen) atoms. The molecule has 4 aromatic rings. The van der Waals surface area contributed by atoms with Crippen molar-refractivity contribution in [2.45, 2.75) is 59.4 Å². The van der Waals surface area contributed by atoms with Gasteiger partial charge in [0.05, 0.1) is 30.4 Å². The van der Waals surface area contributed by atoms with Gasteiger partial charge in [-0.15, -0.1) is 0 Å². The van der Waals surface area contributed by atoms with Crippen LogP contribution in [-0.4, -0.2) is 79.4 Å². The third-order valence-electron chi connectivity index (χ3n) is 9.06. The molecule has 2 aromatic heterocycles. The zero-order valence-corrected chi connectivity index (χ0v) is 29.3. The summed E-state index contributed by atoms with van der Waals surface area (Å²) in [6, 6.07) is 8.85. The highest BCUT2D eigenvalue weighted by Crippen LogP contribution is 2.47. The molecule has 0 radical (unpaired) electrons. The molecule has 2 aliphatic heterocycles. The van der Waals surface area contributed by atoms with Crippen molar-refractivity contribution in [3.63, 3.8) is 0 Å². The standard InChI is InChI=1S/C35H36Cl2N6O6/c1-17-15-41(34(46)47)31(35(3,4)5)18(2)42(17)33(45)28-30-29(43(40-28)24-10-22(36)9-23(37)11-24)26-12-25(27(48-6)8-21(26)16-49-30)19-7-20(32(38)44)14-39-13-19/h7-14,17-18,31H,15-16H2,1-6H3,(H2,38,44)(H,46,47)/t17-,18+,31?/m0/s1. The number of hydrogen-bond donors (Lipinski definition) is 2. The maximum atomic E-state index is 14.7. The van der Waals surface area contributed by atoms with Gasteiger partial charge in [0, 0.05) is 57.3 Å². The molecule has 0 saturated carbocycles. The van der Waals surface area contributed by atoms with Crippen LogP contribution >= 0.6 is 23.2 Å². The topological polar surface area (TPSA) is 153 Å². The van der Waals surface area contributed by atoms with Gasteiger partial charge in [-0.05, 0) is 55.7 Å². The highest BCUT2D eigenvalue weighted by atomic mass is 35.5. The second kappa shape index (κ2) is 12.6. The number of ether oxygens (including phenoxy) is 2. The number of primary amides is 1. The Balaban J connectivity index is 1.56. The maximum absolute atomic E-state index is 14.7. The molecule has 4 heterocycles. The van der Waals surface area contributed by atoms with Gasteiger partial charge in [0.2, 0.25) is 5.91 Å². The first-order valence-electron chi connectivity index (χ1n) is 15.6. The summed E-state index contributed by atoms with van der Waals surface area (Å²) >= 11 is 12.9. The number of piperazine rings is 1. The minimum atomic E-state index is -1.03. The molecule has 1 unspecified atom stereocenters. The van der Waals surface area contributed by atoms with E-state index in [2.05, 4.69) is 4.98 Å². The Morgan fingerprint density at radius 2 is 1.71 bits per heavy atom. The number of amides is 3. The Bertz CT molecular complexity index is 1990. The normalized spacial score (nSPS) is 18.7. The van der Waals surface area contributed by atoms with Crippen molar-refractivity contribution in [3.05, 3.63) is 75.7 Å². The predicted octanol–water partition coefficient (Wildman–Crippen LogP) is 6.54. The van der Waals surface area contributed by atoms with Gasteiger partial charge in [-0.3, -0.25) is 14.6 Å². The lowest BCUT2D eigenvalue weighted by molar-refractivity contribution is -0.0302. The predicted molar refractivity (Wildman–Crippen MR) is 185 cm³/mol. The summed E-state index contributed by atoms with van der Waals surface area (Å²) in [7, 11) is 1.54. The summed E-state index contributed by atoms with van der Waals surface area (Å²) < 4.78 is 13.7. The fourth-order valence-corrected chi connectivity index (χ4v) is 7.70. The molecule has 256 valence electrons. The molecule has 1 saturated heterocycles.